The van der Waals surface area contributed by atoms with E-state index in [4.69, 9.17) is 5.73 Å². The summed E-state index contributed by atoms with van der Waals surface area (Å²) in [5, 5.41) is 0. The van der Waals surface area contributed by atoms with Crippen molar-refractivity contribution in [2.45, 2.75) is 0 Å². The van der Waals surface area contributed by atoms with E-state index >= 15 is 0 Å². The Hall–Kier alpha value is -3.35. The number of para-hydroxylation sites is 2. The molecular weight excluding hydrogens is 332 g/mol. The van der Waals surface area contributed by atoms with Crippen molar-refractivity contribution in [3.63, 3.8) is 0 Å². The molecule has 26 heavy (non-hydrogen) atoms. The lowest BCUT2D eigenvalue weighted by Gasteiger charge is -2.22. The van der Waals surface area contributed by atoms with Crippen LogP contribution in [0.1, 0.15) is 20.7 Å². The zero-order chi connectivity index (χ0) is 18.3. The maximum absolute atomic E-state index is 12.7. The van der Waals surface area contributed by atoms with Crippen LogP contribution in [0.15, 0.2) is 48.5 Å². The highest BCUT2D eigenvalue weighted by Crippen LogP contribution is 2.27. The molecule has 2 aliphatic heterocycles. The minimum Gasteiger partial charge on any atom is -0.397 e. The Morgan fingerprint density at radius 2 is 1.42 bits per heavy atom. The molecule has 0 aliphatic carbocycles. The fraction of sp³-hybridized carbons (Fsp3) is 0.211. The molecule has 2 aromatic rings. The average molecular weight is 350 g/mol. The number of urea groups is 1. The van der Waals surface area contributed by atoms with Crippen LogP contribution in [0, 0.1) is 0 Å². The number of carbonyl (C=O) groups excluding carboxylic acids is 3. The number of nitrogen functional groups attached to an aromatic ring is 1. The maximum atomic E-state index is 12.7. The monoisotopic (exact) mass is 350 g/mol. The fourth-order valence-electron chi connectivity index (χ4n) is 3.41. The smallest absolute Gasteiger partial charge is 0.324 e. The second-order valence-corrected chi connectivity index (χ2v) is 6.29. The van der Waals surface area contributed by atoms with Gasteiger partial charge in [0.25, 0.3) is 11.8 Å². The second kappa shape index (κ2) is 6.18. The van der Waals surface area contributed by atoms with Crippen molar-refractivity contribution in [1.82, 2.24) is 9.80 Å². The first kappa shape index (κ1) is 16.1. The predicted molar refractivity (Wildman–Crippen MR) is 97.0 cm³/mol. The van der Waals surface area contributed by atoms with Gasteiger partial charge in [-0.15, -0.1) is 0 Å². The first-order chi connectivity index (χ1) is 12.6. The summed E-state index contributed by atoms with van der Waals surface area (Å²) in [7, 11) is 0. The summed E-state index contributed by atoms with van der Waals surface area (Å²) in [6.45, 7) is 1.52. The molecule has 0 aromatic heterocycles. The van der Waals surface area contributed by atoms with E-state index < -0.39 is 0 Å². The van der Waals surface area contributed by atoms with Crippen LogP contribution in [0.5, 0.6) is 0 Å². The zero-order valence-corrected chi connectivity index (χ0v) is 14.1. The highest BCUT2D eigenvalue weighted by Gasteiger charge is 2.36. The van der Waals surface area contributed by atoms with Crippen LogP contribution in [-0.2, 0) is 0 Å². The minimum absolute atomic E-state index is 0.167. The van der Waals surface area contributed by atoms with Gasteiger partial charge in [-0.1, -0.05) is 24.3 Å². The Morgan fingerprint density at radius 1 is 0.808 bits per heavy atom. The van der Waals surface area contributed by atoms with Crippen LogP contribution in [-0.4, -0.2) is 53.8 Å². The average Bonchev–Trinajstić information content (AvgIpc) is 3.13. The Labute approximate surface area is 150 Å². The van der Waals surface area contributed by atoms with Crippen molar-refractivity contribution < 1.29 is 14.4 Å². The van der Waals surface area contributed by atoms with Gasteiger partial charge in [0, 0.05) is 26.2 Å². The van der Waals surface area contributed by atoms with Crippen LogP contribution < -0.4 is 10.6 Å². The number of carbonyl (C=O) groups is 3. The van der Waals surface area contributed by atoms with Gasteiger partial charge in [0.15, 0.2) is 0 Å². The van der Waals surface area contributed by atoms with E-state index in [1.807, 2.05) is 12.1 Å². The molecule has 132 valence electrons. The highest BCUT2D eigenvalue weighted by atomic mass is 16.2. The van der Waals surface area contributed by atoms with Gasteiger partial charge in [-0.05, 0) is 24.3 Å². The number of imide groups is 1. The highest BCUT2D eigenvalue weighted by molar-refractivity contribution is 6.21. The molecule has 2 heterocycles. The van der Waals surface area contributed by atoms with Crippen LogP contribution in [0.4, 0.5) is 16.2 Å². The summed E-state index contributed by atoms with van der Waals surface area (Å²) in [5.41, 5.74) is 8.02. The Bertz CT molecular complexity index is 876. The van der Waals surface area contributed by atoms with E-state index in [0.29, 0.717) is 42.1 Å². The minimum atomic E-state index is -0.304. The predicted octanol–water partition coefficient (Wildman–Crippen LogP) is 1.81. The fourth-order valence-corrected chi connectivity index (χ4v) is 3.41. The van der Waals surface area contributed by atoms with Gasteiger partial charge in [0.2, 0.25) is 0 Å². The molecule has 2 aliphatic rings. The third-order valence-corrected chi connectivity index (χ3v) is 4.79. The van der Waals surface area contributed by atoms with Crippen LogP contribution in [0.2, 0.25) is 0 Å². The molecule has 0 atom stereocenters. The molecule has 7 nitrogen and oxygen atoms in total. The Morgan fingerprint density at radius 3 is 2.08 bits per heavy atom. The lowest BCUT2D eigenvalue weighted by molar-refractivity contribution is 0.0644. The number of anilines is 2. The standard InChI is InChI=1S/C19H18N4O3/c20-15-7-3-4-8-16(15)22-11-9-21(19(22)26)10-12-23-17(24)13-5-1-2-6-14(13)18(23)25/h1-8H,9-12,20H2. The van der Waals surface area contributed by atoms with Gasteiger partial charge in [0.1, 0.15) is 0 Å². The largest absolute Gasteiger partial charge is 0.397 e. The van der Waals surface area contributed by atoms with Gasteiger partial charge in [-0.2, -0.15) is 0 Å². The molecular formula is C19H18N4O3. The van der Waals surface area contributed by atoms with Crippen molar-refractivity contribution >= 4 is 29.2 Å². The van der Waals surface area contributed by atoms with Crippen molar-refractivity contribution in [2.75, 3.05) is 36.8 Å². The normalized spacial score (nSPS) is 16.6. The molecule has 4 amide bonds. The van der Waals surface area contributed by atoms with Crippen LogP contribution in [0.3, 0.4) is 0 Å². The van der Waals surface area contributed by atoms with Crippen LogP contribution in [0.25, 0.3) is 0 Å². The van der Waals surface area contributed by atoms with E-state index in [1.54, 1.807) is 46.2 Å². The third-order valence-electron chi connectivity index (χ3n) is 4.79. The summed E-state index contributed by atoms with van der Waals surface area (Å²) in [5.74, 6) is -0.609. The lowest BCUT2D eigenvalue weighted by Crippen LogP contribution is -2.40. The SMILES string of the molecule is Nc1ccccc1N1CCN(CCN2C(=O)c3ccccc3C2=O)C1=O. The molecule has 2 aromatic carbocycles. The van der Waals surface area contributed by atoms with Crippen molar-refractivity contribution in [3.05, 3.63) is 59.7 Å². The molecule has 1 saturated heterocycles. The molecule has 0 saturated carbocycles. The Kier molecular flexibility index (Phi) is 3.84. The number of fused-ring (bicyclic) bond motifs is 1. The zero-order valence-electron chi connectivity index (χ0n) is 14.1. The first-order valence-electron chi connectivity index (χ1n) is 8.44. The number of nitrogens with zero attached hydrogens (tertiary/aromatic N) is 3. The van der Waals surface area contributed by atoms with Gasteiger partial charge < -0.3 is 10.6 Å². The number of hydrogen-bond acceptors (Lipinski definition) is 4. The van der Waals surface area contributed by atoms with Gasteiger partial charge in [0.05, 0.1) is 22.5 Å². The van der Waals surface area contributed by atoms with Gasteiger partial charge >= 0.3 is 6.03 Å². The Balaban J connectivity index is 1.44. The van der Waals surface area contributed by atoms with Crippen molar-refractivity contribution in [3.8, 4) is 0 Å². The topological polar surface area (TPSA) is 86.9 Å². The third kappa shape index (κ3) is 2.48. The quantitative estimate of drug-likeness (QED) is 0.673. The summed E-state index contributed by atoms with van der Waals surface area (Å²) in [6.07, 6.45) is 0. The van der Waals surface area contributed by atoms with E-state index in [2.05, 4.69) is 0 Å². The van der Waals surface area contributed by atoms with Gasteiger partial charge in [-0.3, -0.25) is 19.4 Å². The number of nitrogens with two attached hydrogens (primary N) is 1. The molecule has 1 fully saturated rings. The molecule has 2 N–H and O–H groups in total. The van der Waals surface area contributed by atoms with E-state index in [-0.39, 0.29) is 24.4 Å². The molecule has 0 radical (unpaired) electrons. The molecule has 0 unspecified atom stereocenters. The summed E-state index contributed by atoms with van der Waals surface area (Å²) in [6, 6.07) is 13.8. The van der Waals surface area contributed by atoms with Gasteiger partial charge in [-0.25, -0.2) is 4.79 Å². The molecule has 7 heteroatoms. The van der Waals surface area contributed by atoms with Crippen molar-refractivity contribution in [2.24, 2.45) is 0 Å². The number of hydrogen-bond donors (Lipinski definition) is 1. The summed E-state index contributed by atoms with van der Waals surface area (Å²) < 4.78 is 0. The molecule has 0 bridgehead atoms. The summed E-state index contributed by atoms with van der Waals surface area (Å²) in [4.78, 5) is 41.9. The maximum Gasteiger partial charge on any atom is 0.324 e. The molecule has 0 spiro atoms. The van der Waals surface area contributed by atoms with Crippen LogP contribution >= 0.6 is 0 Å². The van der Waals surface area contributed by atoms with E-state index in [9.17, 15) is 14.4 Å². The lowest BCUT2D eigenvalue weighted by atomic mass is 10.1. The number of amides is 4. The number of rotatable bonds is 4. The van der Waals surface area contributed by atoms with E-state index in [0.717, 1.165) is 0 Å². The van der Waals surface area contributed by atoms with E-state index in [1.165, 1.54) is 4.90 Å². The van der Waals surface area contributed by atoms with Crippen molar-refractivity contribution in [1.29, 1.82) is 0 Å². The second-order valence-electron chi connectivity index (χ2n) is 6.29. The molecule has 4 rings (SSSR count). The summed E-state index contributed by atoms with van der Waals surface area (Å²) >= 11 is 0. The first-order valence-corrected chi connectivity index (χ1v) is 8.44. The number of benzene rings is 2.